The van der Waals surface area contributed by atoms with E-state index in [9.17, 15) is 0 Å². The molecule has 2 unspecified atom stereocenters. The lowest BCUT2D eigenvalue weighted by molar-refractivity contribution is 0.409. The molecule has 0 amide bonds. The lowest BCUT2D eigenvalue weighted by Gasteiger charge is -2.32. The molecule has 0 spiro atoms. The van der Waals surface area contributed by atoms with E-state index in [0.717, 1.165) is 44.6 Å². The van der Waals surface area contributed by atoms with E-state index >= 15 is 0 Å². The van der Waals surface area contributed by atoms with E-state index in [1.165, 1.54) is 58.7 Å². The Balaban J connectivity index is 0.989. The summed E-state index contributed by atoms with van der Waals surface area (Å²) in [5.41, 5.74) is 11.0. The van der Waals surface area contributed by atoms with Crippen LogP contribution in [0, 0.1) is 0 Å². The average Bonchev–Trinajstić information content (AvgIpc) is 3.96. The second-order valence-corrected chi connectivity index (χ2v) is 15.8. The topological polar surface area (TPSA) is 54.5 Å². The van der Waals surface area contributed by atoms with Crippen LogP contribution in [-0.4, -0.2) is 10.4 Å². The molecule has 3 aromatic heterocycles. The van der Waals surface area contributed by atoms with Gasteiger partial charge in [0, 0.05) is 41.9 Å². The first-order valence-electron chi connectivity index (χ1n) is 19.4. The minimum Gasteiger partial charge on any atom is -0.456 e. The highest BCUT2D eigenvalue weighted by Gasteiger charge is 2.26. The molecule has 0 saturated carbocycles. The Kier molecular flexibility index (Phi) is 7.24. The number of hydrogen-bond acceptors (Lipinski definition) is 5. The van der Waals surface area contributed by atoms with Gasteiger partial charge in [0.2, 0.25) is 0 Å². The van der Waals surface area contributed by atoms with Gasteiger partial charge in [0.05, 0.1) is 22.1 Å². The summed E-state index contributed by atoms with van der Waals surface area (Å²) in [6.07, 6.45) is -0.264. The fraction of sp³-hybridized carbons (Fsp3) is 0.0392. The summed E-state index contributed by atoms with van der Waals surface area (Å²) in [4.78, 5) is 5.22. The largest absolute Gasteiger partial charge is 0.456 e. The molecule has 2 atom stereocenters. The highest BCUT2D eigenvalue weighted by molar-refractivity contribution is 7.26. The molecule has 0 bridgehead atoms. The van der Waals surface area contributed by atoms with Crippen molar-refractivity contribution in [3.63, 3.8) is 0 Å². The van der Waals surface area contributed by atoms with Crippen LogP contribution in [-0.2, 0) is 0 Å². The fourth-order valence-electron chi connectivity index (χ4n) is 8.85. The average molecular weight is 751 g/mol. The normalized spacial score (nSPS) is 15.9. The third-order valence-electron chi connectivity index (χ3n) is 11.5. The van der Waals surface area contributed by atoms with Crippen molar-refractivity contribution in [1.82, 2.24) is 15.2 Å². The summed E-state index contributed by atoms with van der Waals surface area (Å²) < 4.78 is 11.4. The first-order valence-corrected chi connectivity index (χ1v) is 20.2. The number of nitrogens with zero attached hydrogens (tertiary/aromatic N) is 2. The van der Waals surface area contributed by atoms with Crippen LogP contribution in [0.15, 0.2) is 191 Å². The molecule has 270 valence electrons. The lowest BCUT2D eigenvalue weighted by Crippen LogP contribution is -2.44. The van der Waals surface area contributed by atoms with Crippen LogP contribution in [0.3, 0.4) is 0 Å². The number of fused-ring (bicyclic) bond motifs is 9. The van der Waals surface area contributed by atoms with E-state index in [4.69, 9.17) is 9.41 Å². The number of aliphatic imine (C=N–C) groups is 1. The Morgan fingerprint density at radius 1 is 0.526 bits per heavy atom. The molecule has 0 fully saturated rings. The Morgan fingerprint density at radius 2 is 1.21 bits per heavy atom. The van der Waals surface area contributed by atoms with Gasteiger partial charge in [-0.3, -0.25) is 5.32 Å². The molecule has 5 nitrogen and oxygen atoms in total. The zero-order valence-corrected chi connectivity index (χ0v) is 31.5. The van der Waals surface area contributed by atoms with Gasteiger partial charge in [-0.25, -0.2) is 4.99 Å². The summed E-state index contributed by atoms with van der Waals surface area (Å²) in [6, 6.07) is 64.9. The van der Waals surface area contributed by atoms with Gasteiger partial charge in [0.1, 0.15) is 29.3 Å². The van der Waals surface area contributed by atoms with E-state index < -0.39 is 0 Å². The van der Waals surface area contributed by atoms with Gasteiger partial charge in [0.25, 0.3) is 0 Å². The van der Waals surface area contributed by atoms with Gasteiger partial charge >= 0.3 is 0 Å². The van der Waals surface area contributed by atoms with Gasteiger partial charge < -0.3 is 14.3 Å². The maximum atomic E-state index is 6.55. The molecule has 0 aliphatic carbocycles. The van der Waals surface area contributed by atoms with Gasteiger partial charge in [-0.2, -0.15) is 0 Å². The summed E-state index contributed by atoms with van der Waals surface area (Å²) in [5.74, 6) is 0.882. The minimum absolute atomic E-state index is 0.0852. The van der Waals surface area contributed by atoms with Crippen LogP contribution in [0.1, 0.15) is 29.0 Å². The van der Waals surface area contributed by atoms with E-state index in [-0.39, 0.29) is 12.3 Å². The van der Waals surface area contributed by atoms with Gasteiger partial charge in [-0.05, 0) is 64.7 Å². The molecule has 2 N–H and O–H groups in total. The highest BCUT2D eigenvalue weighted by atomic mass is 32.1. The van der Waals surface area contributed by atoms with Crippen LogP contribution in [0.5, 0.6) is 0 Å². The van der Waals surface area contributed by atoms with Crippen molar-refractivity contribution in [2.45, 2.75) is 12.3 Å². The number of hydrogen-bond donors (Lipinski definition) is 2. The molecule has 11 aromatic rings. The third kappa shape index (κ3) is 5.15. The van der Waals surface area contributed by atoms with E-state index in [0.29, 0.717) is 0 Å². The summed E-state index contributed by atoms with van der Waals surface area (Å²) in [5, 5.41) is 14.6. The summed E-state index contributed by atoms with van der Waals surface area (Å²) >= 11 is 1.84. The Bertz CT molecular complexity index is 3320. The zero-order valence-electron chi connectivity index (χ0n) is 30.7. The number of para-hydroxylation sites is 2. The predicted octanol–water partition coefficient (Wildman–Crippen LogP) is 13.1. The van der Waals surface area contributed by atoms with Crippen LogP contribution in [0.25, 0.3) is 80.7 Å². The Hall–Kier alpha value is -6.99. The molecule has 1 aliphatic heterocycles. The number of benzene rings is 8. The van der Waals surface area contributed by atoms with E-state index in [2.05, 4.69) is 191 Å². The number of amidine groups is 1. The van der Waals surface area contributed by atoms with Gasteiger partial charge in [-0.1, -0.05) is 140 Å². The smallest absolute Gasteiger partial charge is 0.137 e. The monoisotopic (exact) mass is 750 g/mol. The molecule has 6 heteroatoms. The van der Waals surface area contributed by atoms with E-state index in [1.54, 1.807) is 0 Å². The molecule has 57 heavy (non-hydrogen) atoms. The molecule has 1 aliphatic rings. The number of nitrogens with one attached hydrogen (secondary N) is 2. The first kappa shape index (κ1) is 32.3. The quantitative estimate of drug-likeness (QED) is 0.184. The Morgan fingerprint density at radius 3 is 2.00 bits per heavy atom. The number of furan rings is 1. The first-order chi connectivity index (χ1) is 28.2. The molecule has 12 rings (SSSR count). The van der Waals surface area contributed by atoms with Gasteiger partial charge in [-0.15, -0.1) is 11.3 Å². The Labute approximate surface area is 332 Å². The van der Waals surface area contributed by atoms with Crippen molar-refractivity contribution in [1.29, 1.82) is 0 Å². The second kappa shape index (κ2) is 12.8. The maximum absolute atomic E-state index is 6.55. The predicted molar refractivity (Wildman–Crippen MR) is 238 cm³/mol. The van der Waals surface area contributed by atoms with Crippen LogP contribution < -0.4 is 10.6 Å². The summed E-state index contributed by atoms with van der Waals surface area (Å²) in [6.45, 7) is 0. The zero-order chi connectivity index (χ0) is 37.5. The number of rotatable bonds is 5. The number of thiophene rings is 1. The van der Waals surface area contributed by atoms with Crippen molar-refractivity contribution in [3.05, 3.63) is 199 Å². The van der Waals surface area contributed by atoms with Crippen molar-refractivity contribution in [3.8, 4) is 16.8 Å². The number of aromatic nitrogens is 1. The van der Waals surface area contributed by atoms with Crippen molar-refractivity contribution in [2.75, 3.05) is 0 Å². The molecular formula is C51H34N4OS. The third-order valence-corrected chi connectivity index (χ3v) is 12.7. The second-order valence-electron chi connectivity index (χ2n) is 14.8. The van der Waals surface area contributed by atoms with E-state index in [1.807, 2.05) is 17.4 Å². The molecular weight excluding hydrogens is 717 g/mol. The highest BCUT2D eigenvalue weighted by Crippen LogP contribution is 2.43. The van der Waals surface area contributed by atoms with Crippen molar-refractivity contribution >= 4 is 81.1 Å². The summed E-state index contributed by atoms with van der Waals surface area (Å²) in [7, 11) is 0. The standard InChI is InChI=1S/C51H34N4OS/c1-3-13-31(14-4-1)49-52-50(32-15-5-2-6-16-32)54-51(53-49)34-25-27-38-39-20-11-19-35(48(39)57-46(38)30-34)33-26-28-44-40(29-33)47-43(23-12-24-45(47)56-44)55-41-21-9-7-17-36(41)37-18-8-10-22-42(37)55/h1-30,49-50,52H,(H,53,54). The fourth-order valence-corrected chi connectivity index (χ4v) is 10.1. The minimum atomic E-state index is -0.179. The van der Waals surface area contributed by atoms with Crippen LogP contribution >= 0.6 is 11.3 Å². The maximum Gasteiger partial charge on any atom is 0.137 e. The van der Waals surface area contributed by atoms with Gasteiger partial charge in [0.15, 0.2) is 0 Å². The van der Waals surface area contributed by atoms with Crippen molar-refractivity contribution in [2.24, 2.45) is 4.99 Å². The van der Waals surface area contributed by atoms with Crippen molar-refractivity contribution < 1.29 is 4.42 Å². The molecule has 0 saturated heterocycles. The molecule has 0 radical (unpaired) electrons. The lowest BCUT2D eigenvalue weighted by atomic mass is 10.00. The van der Waals surface area contributed by atoms with Crippen LogP contribution in [0.4, 0.5) is 0 Å². The van der Waals surface area contributed by atoms with Crippen LogP contribution in [0.2, 0.25) is 0 Å². The molecule has 8 aromatic carbocycles. The molecule has 4 heterocycles. The SMILES string of the molecule is c1ccc(C2N=C(c3ccc4c(c3)sc3c(-c5ccc6oc7cccc(-n8c9ccccc9c9ccccc98)c7c6c5)cccc34)NC(c3ccccc3)N2)cc1.